The molecule has 0 aliphatic rings. The molecule has 0 spiro atoms. The van der Waals surface area contributed by atoms with E-state index in [0.717, 1.165) is 6.42 Å². The zero-order valence-electron chi connectivity index (χ0n) is 11.7. The van der Waals surface area contributed by atoms with Crippen LogP contribution in [0.4, 0.5) is 10.1 Å². The summed E-state index contributed by atoms with van der Waals surface area (Å²) < 4.78 is 13.3. The number of nitrogens with one attached hydrogen (secondary N) is 3. The van der Waals surface area contributed by atoms with Gasteiger partial charge in [0.2, 0.25) is 11.8 Å². The van der Waals surface area contributed by atoms with E-state index in [1.165, 1.54) is 12.1 Å². The lowest BCUT2D eigenvalue weighted by atomic mass is 10.3. The summed E-state index contributed by atoms with van der Waals surface area (Å²) in [6.07, 6.45) is 0.853. The fraction of sp³-hybridized carbons (Fsp3) is 0.429. The number of hydrogen-bond acceptors (Lipinski definition) is 3. The van der Waals surface area contributed by atoms with E-state index >= 15 is 0 Å². The molecule has 1 rings (SSSR count). The summed E-state index contributed by atoms with van der Waals surface area (Å²) >= 11 is 0. The van der Waals surface area contributed by atoms with Gasteiger partial charge in [-0.2, -0.15) is 0 Å². The number of benzene rings is 1. The molecule has 0 radical (unpaired) electrons. The lowest BCUT2D eigenvalue weighted by Gasteiger charge is -2.13. The van der Waals surface area contributed by atoms with Crippen molar-refractivity contribution in [3.8, 4) is 0 Å². The standard InChI is InChI=1S/C14H20FN3O2/c1-3-8-16-14(20)10(2)17-9-13(19)18-12-7-5-4-6-11(12)15/h4-7,10,17H,3,8-9H2,1-2H3,(H,16,20)(H,18,19). The molecule has 5 nitrogen and oxygen atoms in total. The molecule has 3 N–H and O–H groups in total. The molecule has 0 heterocycles. The van der Waals surface area contributed by atoms with Gasteiger partial charge in [0, 0.05) is 6.54 Å². The highest BCUT2D eigenvalue weighted by Crippen LogP contribution is 2.11. The minimum absolute atomic E-state index is 0.0605. The van der Waals surface area contributed by atoms with Crippen molar-refractivity contribution in [2.24, 2.45) is 0 Å². The first-order chi connectivity index (χ1) is 9.54. The maximum Gasteiger partial charge on any atom is 0.238 e. The topological polar surface area (TPSA) is 70.2 Å². The van der Waals surface area contributed by atoms with E-state index in [1.54, 1.807) is 19.1 Å². The van der Waals surface area contributed by atoms with Crippen LogP contribution in [0.2, 0.25) is 0 Å². The summed E-state index contributed by atoms with van der Waals surface area (Å²) in [6, 6.07) is 5.44. The number of carbonyl (C=O) groups is 2. The van der Waals surface area contributed by atoms with Gasteiger partial charge in [-0.05, 0) is 25.5 Å². The van der Waals surface area contributed by atoms with Crippen LogP contribution in [0.25, 0.3) is 0 Å². The van der Waals surface area contributed by atoms with Gasteiger partial charge in [0.25, 0.3) is 0 Å². The third-order valence-electron chi connectivity index (χ3n) is 2.66. The van der Waals surface area contributed by atoms with Crippen molar-refractivity contribution < 1.29 is 14.0 Å². The second-order valence-corrected chi connectivity index (χ2v) is 4.42. The number of para-hydroxylation sites is 1. The SMILES string of the molecule is CCCNC(=O)C(C)NCC(=O)Nc1ccccc1F. The fourth-order valence-corrected chi connectivity index (χ4v) is 1.50. The van der Waals surface area contributed by atoms with Crippen LogP contribution in [-0.2, 0) is 9.59 Å². The maximum atomic E-state index is 13.3. The van der Waals surface area contributed by atoms with Crippen LogP contribution >= 0.6 is 0 Å². The van der Waals surface area contributed by atoms with Gasteiger partial charge in [0.15, 0.2) is 0 Å². The molecule has 0 saturated carbocycles. The van der Waals surface area contributed by atoms with E-state index in [0.29, 0.717) is 6.54 Å². The van der Waals surface area contributed by atoms with E-state index in [4.69, 9.17) is 0 Å². The molecule has 0 aliphatic carbocycles. The Morgan fingerprint density at radius 3 is 2.65 bits per heavy atom. The quantitative estimate of drug-likeness (QED) is 0.705. The van der Waals surface area contributed by atoms with Crippen LogP contribution in [0.5, 0.6) is 0 Å². The summed E-state index contributed by atoms with van der Waals surface area (Å²) in [7, 11) is 0. The zero-order chi connectivity index (χ0) is 15.0. The second kappa shape index (κ2) is 8.27. The van der Waals surface area contributed by atoms with Crippen LogP contribution in [-0.4, -0.2) is 30.9 Å². The van der Waals surface area contributed by atoms with E-state index in [-0.39, 0.29) is 18.1 Å². The summed E-state index contributed by atoms with van der Waals surface area (Å²) in [5.41, 5.74) is 0.127. The van der Waals surface area contributed by atoms with Crippen LogP contribution in [0.3, 0.4) is 0 Å². The largest absolute Gasteiger partial charge is 0.355 e. The van der Waals surface area contributed by atoms with E-state index < -0.39 is 17.8 Å². The molecule has 0 fully saturated rings. The second-order valence-electron chi connectivity index (χ2n) is 4.42. The lowest BCUT2D eigenvalue weighted by molar-refractivity contribution is -0.123. The zero-order valence-corrected chi connectivity index (χ0v) is 11.7. The van der Waals surface area contributed by atoms with Crippen molar-refractivity contribution in [3.63, 3.8) is 0 Å². The Morgan fingerprint density at radius 2 is 2.00 bits per heavy atom. The van der Waals surface area contributed by atoms with Crippen LogP contribution in [0.1, 0.15) is 20.3 Å². The molecule has 1 aromatic carbocycles. The Labute approximate surface area is 117 Å². The van der Waals surface area contributed by atoms with Crippen molar-refractivity contribution >= 4 is 17.5 Å². The molecule has 0 aromatic heterocycles. The minimum atomic E-state index is -0.491. The molecular formula is C14H20FN3O2. The smallest absolute Gasteiger partial charge is 0.238 e. The average molecular weight is 281 g/mol. The number of carbonyl (C=O) groups excluding carboxylic acids is 2. The van der Waals surface area contributed by atoms with Gasteiger partial charge < -0.3 is 10.6 Å². The molecular weight excluding hydrogens is 261 g/mol. The molecule has 0 aliphatic heterocycles. The Bertz CT molecular complexity index is 465. The predicted molar refractivity (Wildman–Crippen MR) is 75.8 cm³/mol. The Morgan fingerprint density at radius 1 is 1.30 bits per heavy atom. The van der Waals surface area contributed by atoms with Crippen molar-refractivity contribution in [3.05, 3.63) is 30.1 Å². The first-order valence-corrected chi connectivity index (χ1v) is 6.60. The highest BCUT2D eigenvalue weighted by atomic mass is 19.1. The van der Waals surface area contributed by atoms with Crippen molar-refractivity contribution in [1.29, 1.82) is 0 Å². The molecule has 110 valence electrons. The van der Waals surface area contributed by atoms with Gasteiger partial charge in [-0.3, -0.25) is 14.9 Å². The summed E-state index contributed by atoms with van der Waals surface area (Å²) in [5, 5.41) is 7.95. The maximum absolute atomic E-state index is 13.3. The van der Waals surface area contributed by atoms with Crippen LogP contribution < -0.4 is 16.0 Å². The number of rotatable bonds is 7. The third-order valence-corrected chi connectivity index (χ3v) is 2.66. The van der Waals surface area contributed by atoms with Crippen molar-refractivity contribution in [2.45, 2.75) is 26.3 Å². The molecule has 0 bridgehead atoms. The Balaban J connectivity index is 2.36. The molecule has 2 amide bonds. The Kier molecular flexibility index (Phi) is 6.66. The average Bonchev–Trinajstić information content (AvgIpc) is 2.44. The van der Waals surface area contributed by atoms with Gasteiger partial charge in [-0.1, -0.05) is 19.1 Å². The number of amides is 2. The minimum Gasteiger partial charge on any atom is -0.355 e. The first-order valence-electron chi connectivity index (χ1n) is 6.60. The van der Waals surface area contributed by atoms with Gasteiger partial charge in [0.1, 0.15) is 5.82 Å². The number of anilines is 1. The number of hydrogen-bond donors (Lipinski definition) is 3. The van der Waals surface area contributed by atoms with Gasteiger partial charge in [-0.15, -0.1) is 0 Å². The third kappa shape index (κ3) is 5.36. The summed E-state index contributed by atoms with van der Waals surface area (Å²) in [6.45, 7) is 4.17. The number of halogens is 1. The highest BCUT2D eigenvalue weighted by molar-refractivity contribution is 5.92. The van der Waals surface area contributed by atoms with Gasteiger partial charge >= 0.3 is 0 Å². The van der Waals surface area contributed by atoms with E-state index in [9.17, 15) is 14.0 Å². The molecule has 20 heavy (non-hydrogen) atoms. The first kappa shape index (κ1) is 16.1. The summed E-state index contributed by atoms with van der Waals surface area (Å²) in [4.78, 5) is 23.2. The van der Waals surface area contributed by atoms with Crippen LogP contribution in [0, 0.1) is 5.82 Å². The van der Waals surface area contributed by atoms with E-state index in [2.05, 4.69) is 16.0 Å². The highest BCUT2D eigenvalue weighted by Gasteiger charge is 2.13. The predicted octanol–water partition coefficient (Wildman–Crippen LogP) is 1.27. The molecule has 1 unspecified atom stereocenters. The molecule has 6 heteroatoms. The lowest BCUT2D eigenvalue weighted by Crippen LogP contribution is -2.45. The molecule has 0 saturated heterocycles. The Hall–Kier alpha value is -1.95. The summed E-state index contributed by atoms with van der Waals surface area (Å²) in [5.74, 6) is -1.05. The van der Waals surface area contributed by atoms with Crippen molar-refractivity contribution in [2.75, 3.05) is 18.4 Å². The normalized spacial score (nSPS) is 11.8. The van der Waals surface area contributed by atoms with Gasteiger partial charge in [0.05, 0.1) is 18.3 Å². The van der Waals surface area contributed by atoms with Gasteiger partial charge in [-0.25, -0.2) is 4.39 Å². The van der Waals surface area contributed by atoms with E-state index in [1.807, 2.05) is 6.92 Å². The molecule has 1 atom stereocenters. The van der Waals surface area contributed by atoms with Crippen molar-refractivity contribution in [1.82, 2.24) is 10.6 Å². The fourth-order valence-electron chi connectivity index (χ4n) is 1.50. The molecule has 1 aromatic rings. The monoisotopic (exact) mass is 281 g/mol. The van der Waals surface area contributed by atoms with Crippen LogP contribution in [0.15, 0.2) is 24.3 Å².